The maximum atomic E-state index is 12.5. The zero-order valence-corrected chi connectivity index (χ0v) is 21.6. The minimum absolute atomic E-state index is 0.136. The monoisotopic (exact) mass is 522 g/mol. The summed E-state index contributed by atoms with van der Waals surface area (Å²) in [4.78, 5) is 12.5. The first-order valence-corrected chi connectivity index (χ1v) is 13.0. The van der Waals surface area contributed by atoms with Crippen LogP contribution in [0.4, 0.5) is 5.69 Å². The Morgan fingerprint density at radius 2 is 1.76 bits per heavy atom. The van der Waals surface area contributed by atoms with E-state index in [1.54, 1.807) is 13.3 Å². The van der Waals surface area contributed by atoms with Crippen LogP contribution in [0.15, 0.2) is 107 Å². The lowest BCUT2D eigenvalue weighted by Crippen LogP contribution is -2.20. The number of benzene rings is 4. The Balaban J connectivity index is 1.28. The SMILES string of the molecule is COc1cccc(/C=N\NC(=O)CSc2nnc(CNc3cccc4ccccc34)n2-c2ccccc2)c1. The highest BCUT2D eigenvalue weighted by atomic mass is 32.2. The molecule has 0 saturated carbocycles. The third kappa shape index (κ3) is 6.01. The molecule has 0 spiro atoms. The second-order valence-corrected chi connectivity index (χ2v) is 9.25. The number of carbonyl (C=O) groups excluding carboxylic acids is 1. The summed E-state index contributed by atoms with van der Waals surface area (Å²) in [6.45, 7) is 0.466. The molecule has 2 N–H and O–H groups in total. The van der Waals surface area contributed by atoms with Crippen LogP contribution in [0.25, 0.3) is 16.5 Å². The smallest absolute Gasteiger partial charge is 0.250 e. The predicted molar refractivity (Wildman–Crippen MR) is 152 cm³/mol. The van der Waals surface area contributed by atoms with Gasteiger partial charge in [0, 0.05) is 16.8 Å². The zero-order valence-electron chi connectivity index (χ0n) is 20.7. The van der Waals surface area contributed by atoms with Gasteiger partial charge in [0.1, 0.15) is 5.75 Å². The van der Waals surface area contributed by atoms with Crippen molar-refractivity contribution in [2.75, 3.05) is 18.2 Å². The largest absolute Gasteiger partial charge is 0.497 e. The quantitative estimate of drug-likeness (QED) is 0.147. The number of ether oxygens (including phenoxy) is 1. The number of amides is 1. The molecule has 0 aliphatic rings. The first-order chi connectivity index (χ1) is 18.7. The molecule has 0 saturated heterocycles. The van der Waals surface area contributed by atoms with E-state index in [1.165, 1.54) is 17.1 Å². The van der Waals surface area contributed by atoms with Crippen LogP contribution < -0.4 is 15.5 Å². The van der Waals surface area contributed by atoms with Gasteiger partial charge in [-0.05, 0) is 41.3 Å². The number of thioether (sulfide) groups is 1. The van der Waals surface area contributed by atoms with Crippen molar-refractivity contribution in [1.29, 1.82) is 0 Å². The average molecular weight is 523 g/mol. The van der Waals surface area contributed by atoms with Crippen LogP contribution in [0, 0.1) is 0 Å². The third-order valence-electron chi connectivity index (χ3n) is 5.77. The summed E-state index contributed by atoms with van der Waals surface area (Å²) < 4.78 is 7.18. The van der Waals surface area contributed by atoms with Gasteiger partial charge in [-0.2, -0.15) is 5.10 Å². The third-order valence-corrected chi connectivity index (χ3v) is 6.70. The van der Waals surface area contributed by atoms with Crippen molar-refractivity contribution in [2.45, 2.75) is 11.7 Å². The highest BCUT2D eigenvalue weighted by molar-refractivity contribution is 7.99. The molecule has 190 valence electrons. The van der Waals surface area contributed by atoms with Crippen molar-refractivity contribution in [1.82, 2.24) is 20.2 Å². The number of fused-ring (bicyclic) bond motifs is 1. The summed E-state index contributed by atoms with van der Waals surface area (Å²) in [6.07, 6.45) is 1.58. The molecular formula is C29H26N6O2S. The Hall–Kier alpha value is -4.63. The summed E-state index contributed by atoms with van der Waals surface area (Å²) in [6, 6.07) is 31.7. The topological polar surface area (TPSA) is 93.4 Å². The Morgan fingerprint density at radius 1 is 0.974 bits per heavy atom. The van der Waals surface area contributed by atoms with Crippen molar-refractivity contribution >= 4 is 40.3 Å². The van der Waals surface area contributed by atoms with Crippen LogP contribution in [-0.2, 0) is 11.3 Å². The molecule has 0 aliphatic carbocycles. The second kappa shape index (κ2) is 12.1. The van der Waals surface area contributed by atoms with E-state index < -0.39 is 0 Å². The highest BCUT2D eigenvalue weighted by Gasteiger charge is 2.16. The summed E-state index contributed by atoms with van der Waals surface area (Å²) in [7, 11) is 1.61. The standard InChI is InChI=1S/C29H26N6O2S/c1-37-24-14-7-9-21(17-24)18-31-33-28(36)20-38-29-34-32-27(35(29)23-12-3-2-4-13-23)19-30-26-16-8-11-22-10-5-6-15-25(22)26/h2-18,30H,19-20H2,1H3,(H,33,36)/b31-18-. The Morgan fingerprint density at radius 3 is 2.63 bits per heavy atom. The van der Waals surface area contributed by atoms with E-state index in [0.717, 1.165) is 33.9 Å². The van der Waals surface area contributed by atoms with Crippen molar-refractivity contribution in [3.63, 3.8) is 0 Å². The first-order valence-electron chi connectivity index (χ1n) is 12.0. The second-order valence-electron chi connectivity index (χ2n) is 8.31. The number of anilines is 1. The Kier molecular flexibility index (Phi) is 7.95. The molecule has 5 aromatic rings. The Bertz CT molecular complexity index is 1560. The van der Waals surface area contributed by atoms with Gasteiger partial charge in [0.05, 0.1) is 25.6 Å². The molecule has 0 aliphatic heterocycles. The lowest BCUT2D eigenvalue weighted by atomic mass is 10.1. The summed E-state index contributed by atoms with van der Waals surface area (Å²) >= 11 is 1.30. The highest BCUT2D eigenvalue weighted by Crippen LogP contribution is 2.25. The van der Waals surface area contributed by atoms with Gasteiger partial charge in [-0.15, -0.1) is 10.2 Å². The van der Waals surface area contributed by atoms with Crippen molar-refractivity contribution < 1.29 is 9.53 Å². The van der Waals surface area contributed by atoms with E-state index in [9.17, 15) is 4.79 Å². The van der Waals surface area contributed by atoms with E-state index in [-0.39, 0.29) is 11.7 Å². The molecule has 1 amide bonds. The molecule has 0 atom stereocenters. The number of methoxy groups -OCH3 is 1. The molecular weight excluding hydrogens is 496 g/mol. The van der Waals surface area contributed by atoms with Gasteiger partial charge in [-0.25, -0.2) is 5.43 Å². The molecule has 0 bridgehead atoms. The number of nitrogens with one attached hydrogen (secondary N) is 2. The molecule has 38 heavy (non-hydrogen) atoms. The van der Waals surface area contributed by atoms with Crippen LogP contribution in [0.1, 0.15) is 11.4 Å². The summed E-state index contributed by atoms with van der Waals surface area (Å²) in [5.74, 6) is 1.36. The fourth-order valence-electron chi connectivity index (χ4n) is 3.96. The van der Waals surface area contributed by atoms with Crippen LogP contribution in [0.2, 0.25) is 0 Å². The normalized spacial score (nSPS) is 11.1. The van der Waals surface area contributed by atoms with Crippen molar-refractivity contribution in [2.24, 2.45) is 5.10 Å². The summed E-state index contributed by atoms with van der Waals surface area (Å²) in [5, 5.41) is 19.3. The van der Waals surface area contributed by atoms with Crippen LogP contribution in [0.3, 0.4) is 0 Å². The van der Waals surface area contributed by atoms with E-state index in [2.05, 4.69) is 50.3 Å². The molecule has 5 rings (SSSR count). The molecule has 0 radical (unpaired) electrons. The van der Waals surface area contributed by atoms with E-state index in [1.807, 2.05) is 77.4 Å². The zero-order chi connectivity index (χ0) is 26.2. The van der Waals surface area contributed by atoms with Crippen molar-refractivity contribution in [3.8, 4) is 11.4 Å². The number of aromatic nitrogens is 3. The number of rotatable bonds is 10. The lowest BCUT2D eigenvalue weighted by molar-refractivity contribution is -0.118. The predicted octanol–water partition coefficient (Wildman–Crippen LogP) is 5.28. The molecule has 0 fully saturated rings. The molecule has 0 unspecified atom stereocenters. The molecule has 9 heteroatoms. The van der Waals surface area contributed by atoms with Crippen LogP contribution >= 0.6 is 11.8 Å². The van der Waals surface area contributed by atoms with Gasteiger partial charge in [0.25, 0.3) is 5.91 Å². The maximum absolute atomic E-state index is 12.5. The van der Waals surface area contributed by atoms with E-state index in [0.29, 0.717) is 11.7 Å². The first kappa shape index (κ1) is 25.0. The summed E-state index contributed by atoms with van der Waals surface area (Å²) in [5.41, 5.74) is 5.34. The van der Waals surface area contributed by atoms with Gasteiger partial charge in [0.15, 0.2) is 11.0 Å². The average Bonchev–Trinajstić information content (AvgIpc) is 3.38. The van der Waals surface area contributed by atoms with Gasteiger partial charge in [0.2, 0.25) is 0 Å². The van der Waals surface area contributed by atoms with Crippen LogP contribution in [-0.4, -0.2) is 39.7 Å². The number of hydrogen-bond acceptors (Lipinski definition) is 7. The lowest BCUT2D eigenvalue weighted by Gasteiger charge is -2.12. The number of para-hydroxylation sites is 1. The molecule has 8 nitrogen and oxygen atoms in total. The number of hydrazone groups is 1. The van der Waals surface area contributed by atoms with Gasteiger partial charge in [-0.1, -0.05) is 78.5 Å². The van der Waals surface area contributed by atoms with Gasteiger partial charge < -0.3 is 10.1 Å². The number of carbonyl (C=O) groups is 1. The van der Waals surface area contributed by atoms with E-state index >= 15 is 0 Å². The van der Waals surface area contributed by atoms with Crippen molar-refractivity contribution in [3.05, 3.63) is 108 Å². The van der Waals surface area contributed by atoms with Crippen LogP contribution in [0.5, 0.6) is 5.75 Å². The maximum Gasteiger partial charge on any atom is 0.250 e. The fraction of sp³-hybridized carbons (Fsp3) is 0.103. The van der Waals surface area contributed by atoms with Gasteiger partial charge in [-0.3, -0.25) is 9.36 Å². The molecule has 1 heterocycles. The molecule has 4 aromatic carbocycles. The molecule has 1 aromatic heterocycles. The number of hydrogen-bond donors (Lipinski definition) is 2. The van der Waals surface area contributed by atoms with Gasteiger partial charge >= 0.3 is 0 Å². The minimum Gasteiger partial charge on any atom is -0.497 e. The number of nitrogens with zero attached hydrogens (tertiary/aromatic N) is 4. The minimum atomic E-state index is -0.243. The van der Waals surface area contributed by atoms with E-state index in [4.69, 9.17) is 4.74 Å². The Labute approximate surface area is 224 Å². The fourth-order valence-corrected chi connectivity index (χ4v) is 4.72.